The van der Waals surface area contributed by atoms with Crippen molar-refractivity contribution >= 4 is 328 Å². The minimum Gasteiger partial charge on any atom is -0.456 e. The fourth-order valence-electron chi connectivity index (χ4n) is 22.7. The third-order valence-corrected chi connectivity index (χ3v) is 28.8. The van der Waals surface area contributed by atoms with Gasteiger partial charge in [0, 0.05) is 201 Å². The van der Waals surface area contributed by atoms with E-state index in [1.807, 2.05) is 60.7 Å². The zero-order valence-corrected chi connectivity index (χ0v) is 71.7. The number of aromatic amines is 10. The predicted octanol–water partition coefficient (Wildman–Crippen LogP) is 34.3. The maximum absolute atomic E-state index is 6.22. The molecule has 0 unspecified atom stereocenters. The van der Waals surface area contributed by atoms with Gasteiger partial charge >= 0.3 is 0 Å². The Balaban J connectivity index is 0.0000000788. The third-order valence-electron chi connectivity index (χ3n) is 28.8. The van der Waals surface area contributed by atoms with E-state index in [1.54, 1.807) is 0 Å². The molecule has 0 saturated carbocycles. The van der Waals surface area contributed by atoms with Gasteiger partial charge in [-0.05, 0) is 109 Å². The highest BCUT2D eigenvalue weighted by atomic mass is 16.3. The molecule has 0 aliphatic heterocycles. The fourth-order valence-corrected chi connectivity index (χ4v) is 22.7. The molecule has 0 bridgehead atoms. The lowest BCUT2D eigenvalue weighted by Gasteiger charge is -1.96. The summed E-state index contributed by atoms with van der Waals surface area (Å²) in [5.74, 6) is 0. The Morgan fingerprint density at radius 1 is 0.111 bits per heavy atom. The van der Waals surface area contributed by atoms with Gasteiger partial charge in [0.2, 0.25) is 0 Å². The van der Waals surface area contributed by atoms with Crippen LogP contribution in [0.25, 0.3) is 328 Å². The molecule has 15 heteroatoms. The fraction of sp³-hybridized carbons (Fsp3) is 0. The minimum absolute atomic E-state index is 0.920. The number of benzene rings is 20. The molecule has 15 aromatic heterocycles. The lowest BCUT2D eigenvalue weighted by molar-refractivity contribution is 0.669. The van der Waals surface area contributed by atoms with Crippen LogP contribution in [0.1, 0.15) is 0 Å². The Morgan fingerprint density at radius 3 is 0.844 bits per heavy atom. The van der Waals surface area contributed by atoms with Gasteiger partial charge < -0.3 is 71.9 Å². The first-order valence-corrected chi connectivity index (χ1v) is 45.7. The maximum atomic E-state index is 6.22. The molecule has 135 heavy (non-hydrogen) atoms. The lowest BCUT2D eigenvalue weighted by Crippen LogP contribution is -1.72. The Labute approximate surface area is 758 Å². The number of hydrogen-bond donors (Lipinski definition) is 10. The van der Waals surface area contributed by atoms with E-state index in [4.69, 9.17) is 22.1 Å². The first-order valence-electron chi connectivity index (χ1n) is 45.7. The molecule has 20 aromatic carbocycles. The molecule has 10 N–H and O–H groups in total. The average Bonchev–Trinajstić information content (AvgIpc) is 1.57. The molecule has 630 valence electrons. The Kier molecular flexibility index (Phi) is 14.5. The summed E-state index contributed by atoms with van der Waals surface area (Å²) < 4.78 is 30.5. The van der Waals surface area contributed by atoms with Crippen molar-refractivity contribution in [1.29, 1.82) is 0 Å². The van der Waals surface area contributed by atoms with Gasteiger partial charge in [-0.25, -0.2) is 0 Å². The van der Waals surface area contributed by atoms with Crippen molar-refractivity contribution in [3.05, 3.63) is 364 Å². The van der Waals surface area contributed by atoms with E-state index in [9.17, 15) is 0 Å². The van der Waals surface area contributed by atoms with Gasteiger partial charge in [-0.2, -0.15) is 0 Å². The second-order valence-corrected chi connectivity index (χ2v) is 35.9. The second-order valence-electron chi connectivity index (χ2n) is 35.9. The van der Waals surface area contributed by atoms with Crippen molar-refractivity contribution in [2.75, 3.05) is 0 Å². The Hall–Kier alpha value is -18.6. The number of rotatable bonds is 0. The summed E-state index contributed by atoms with van der Waals surface area (Å²) in [6.07, 6.45) is 0. The number of furan rings is 5. The first kappa shape index (κ1) is 72.3. The largest absolute Gasteiger partial charge is 0.456 e. The number of para-hydroxylation sites is 10. The van der Waals surface area contributed by atoms with Crippen LogP contribution in [0.2, 0.25) is 0 Å². The average molecular weight is 1730 g/mol. The summed E-state index contributed by atoms with van der Waals surface area (Å²) in [4.78, 5) is 36.3. The third kappa shape index (κ3) is 10.3. The van der Waals surface area contributed by atoms with Crippen molar-refractivity contribution < 1.29 is 22.1 Å². The number of hydrogen-bond acceptors (Lipinski definition) is 5. The molecule has 0 radical (unpaired) electrons. The number of nitrogens with one attached hydrogen (secondary N) is 10. The van der Waals surface area contributed by atoms with Crippen molar-refractivity contribution in [2.45, 2.75) is 0 Å². The van der Waals surface area contributed by atoms with Gasteiger partial charge in [0.05, 0.1) is 77.1 Å². The first-order chi connectivity index (χ1) is 66.9. The second kappa shape index (κ2) is 27.0. The van der Waals surface area contributed by atoms with Gasteiger partial charge in [0.25, 0.3) is 0 Å². The molecule has 0 atom stereocenters. The van der Waals surface area contributed by atoms with Crippen LogP contribution in [-0.2, 0) is 0 Å². The van der Waals surface area contributed by atoms with E-state index >= 15 is 0 Å². The van der Waals surface area contributed by atoms with E-state index < -0.39 is 0 Å². The van der Waals surface area contributed by atoms with Crippen molar-refractivity contribution in [2.24, 2.45) is 0 Å². The molecule has 0 spiro atoms. The predicted molar refractivity (Wildman–Crippen MR) is 562 cm³/mol. The van der Waals surface area contributed by atoms with Gasteiger partial charge in [-0.3, -0.25) is 0 Å². The molecule has 35 rings (SSSR count). The zero-order chi connectivity index (χ0) is 87.7. The van der Waals surface area contributed by atoms with Crippen LogP contribution in [0.3, 0.4) is 0 Å². The van der Waals surface area contributed by atoms with E-state index in [1.165, 1.54) is 124 Å². The smallest absolute Gasteiger partial charge is 0.159 e. The summed E-state index contributed by atoms with van der Waals surface area (Å²) in [7, 11) is 0. The number of H-pyrrole nitrogens is 10. The van der Waals surface area contributed by atoms with E-state index in [0.717, 1.165) is 204 Å². The van der Waals surface area contributed by atoms with Gasteiger partial charge in [0.15, 0.2) is 5.58 Å². The van der Waals surface area contributed by atoms with Crippen LogP contribution >= 0.6 is 0 Å². The van der Waals surface area contributed by atoms with Crippen LogP contribution in [0.15, 0.2) is 386 Å². The SMILES string of the molecule is c1ccc2c(c1)[nH]c1c2ccc2c1[nH]c1ccc3oc4ccccc4c3c12.c1ccc2c(c1)[nH]c1c2ccc2c3cc4c(cc3[nH]c21)oc1ccccc14.c1ccc2c(c1)[nH]c1c2ccc2c3cc4oc5ccccc5c4cc3[nH]c21.c1ccc2c(c1)[nH]c1c2ccc2c3ccc4c5ccccc5oc4c3[nH]c21.c1ccc2c(c1)[nH]c1c2ccc2c3ccc4oc5ccccc5c4c3[nH]c21. The van der Waals surface area contributed by atoms with Crippen LogP contribution in [0.4, 0.5) is 0 Å². The van der Waals surface area contributed by atoms with Crippen LogP contribution < -0.4 is 0 Å². The lowest BCUT2D eigenvalue weighted by atomic mass is 10.0. The number of fused-ring (bicyclic) bond motifs is 53. The molecule has 0 aliphatic carbocycles. The quantitative estimate of drug-likeness (QED) is 0.0714. The van der Waals surface area contributed by atoms with Gasteiger partial charge in [0.1, 0.15) is 50.2 Å². The topological polar surface area (TPSA) is 224 Å². The van der Waals surface area contributed by atoms with Crippen LogP contribution in [0, 0.1) is 0 Å². The minimum atomic E-state index is 0.920. The van der Waals surface area contributed by atoms with E-state index in [2.05, 4.69) is 353 Å². The summed E-state index contributed by atoms with van der Waals surface area (Å²) in [5.41, 5.74) is 32.2. The monoisotopic (exact) mass is 1730 g/mol. The molecule has 15 heterocycles. The summed E-state index contributed by atoms with van der Waals surface area (Å²) in [5, 5.41) is 36.3. The molecule has 0 aliphatic rings. The molecule has 0 fully saturated rings. The highest BCUT2D eigenvalue weighted by Crippen LogP contribution is 2.48. The van der Waals surface area contributed by atoms with Gasteiger partial charge in [-0.1, -0.05) is 249 Å². The summed E-state index contributed by atoms with van der Waals surface area (Å²) in [6, 6.07) is 127. The normalized spacial score (nSPS) is 12.4. The van der Waals surface area contributed by atoms with Crippen LogP contribution in [0.5, 0.6) is 0 Å². The van der Waals surface area contributed by atoms with E-state index in [0.29, 0.717) is 0 Å². The van der Waals surface area contributed by atoms with Crippen molar-refractivity contribution in [3.63, 3.8) is 0 Å². The maximum Gasteiger partial charge on any atom is 0.159 e. The summed E-state index contributed by atoms with van der Waals surface area (Å²) in [6.45, 7) is 0. The summed E-state index contributed by atoms with van der Waals surface area (Å²) >= 11 is 0. The van der Waals surface area contributed by atoms with Crippen molar-refractivity contribution in [3.8, 4) is 0 Å². The molecule has 0 saturated heterocycles. The van der Waals surface area contributed by atoms with Crippen molar-refractivity contribution in [1.82, 2.24) is 49.8 Å². The standard InChI is InChI=1S/5C24H14N2O/c1-3-7-19-13(5-1)15-9-10-16-17-12-22-18(14-6-2-4-8-21(14)27-22)11-20(17)26-24(16)23(15)25-19;1-3-7-19-13(5-1)15-9-10-16-17-11-18-14-6-2-4-8-21(14)27-22(18)12-20(17)26-24(16)23(15)25-19;1-3-7-18-13(5-1)14-9-10-16-15-11-12-20-21(17-6-2-4-8-19(17)27-20)22(15)26-24(16)23(14)25-18;1-3-7-17-13(5-1)14-9-10-16-21-18(26-24(16)23(14)25-17)11-12-20-22(21)15-6-2-4-8-19(15)27-20;1-3-7-19-13(5-1)15-9-10-16-17-11-12-18-14-6-2-4-8-20(14)27-24(18)23(17)26-22(16)21(15)25-19/h5*1-12,25-26H. The molecular weight excluding hydrogens is 1660 g/mol. The van der Waals surface area contributed by atoms with E-state index in [-0.39, 0.29) is 0 Å². The molecule has 0 amide bonds. The molecule has 15 nitrogen and oxygen atoms in total. The Morgan fingerprint density at radius 2 is 0.378 bits per heavy atom. The van der Waals surface area contributed by atoms with Gasteiger partial charge in [-0.15, -0.1) is 0 Å². The zero-order valence-electron chi connectivity index (χ0n) is 71.7. The highest BCUT2D eigenvalue weighted by Gasteiger charge is 2.24. The highest BCUT2D eigenvalue weighted by molar-refractivity contribution is 6.34. The molecule has 35 aromatic rings. The van der Waals surface area contributed by atoms with Crippen LogP contribution in [-0.4, -0.2) is 49.8 Å². The molecular formula is C120H70N10O5. The number of aromatic nitrogens is 10. The Bertz CT molecular complexity index is 11000.